The quantitative estimate of drug-likeness (QED) is 0.665. The molecule has 0 aromatic heterocycles. The molecule has 0 spiro atoms. The summed E-state index contributed by atoms with van der Waals surface area (Å²) in [5, 5.41) is 0.366. The maximum absolute atomic E-state index is 12.5. The lowest BCUT2D eigenvalue weighted by Crippen LogP contribution is -2.06. The van der Waals surface area contributed by atoms with Gasteiger partial charge in [0.05, 0.1) is 5.71 Å². The van der Waals surface area contributed by atoms with E-state index in [1.807, 2.05) is 6.92 Å². The van der Waals surface area contributed by atoms with Gasteiger partial charge in [0.25, 0.3) is 0 Å². The van der Waals surface area contributed by atoms with Gasteiger partial charge in [-0.05, 0) is 55.1 Å². The summed E-state index contributed by atoms with van der Waals surface area (Å²) in [5.74, 6) is -0.0556. The highest BCUT2D eigenvalue weighted by molar-refractivity contribution is 9.11. The van der Waals surface area contributed by atoms with Crippen LogP contribution in [-0.2, 0) is 0 Å². The topological polar surface area (TPSA) is 47.6 Å². The van der Waals surface area contributed by atoms with Crippen molar-refractivity contribution in [2.45, 2.75) is 27.4 Å². The van der Waals surface area contributed by atoms with Crippen molar-refractivity contribution in [1.82, 2.24) is 0 Å². The average molecular weight is 394 g/mol. The van der Waals surface area contributed by atoms with Gasteiger partial charge in [0.2, 0.25) is 0 Å². The second-order valence-corrected chi connectivity index (χ2v) is 6.21. The van der Waals surface area contributed by atoms with Crippen LogP contribution in [0.25, 0.3) is 0 Å². The number of benzene rings is 1. The predicted octanol–water partition coefficient (Wildman–Crippen LogP) is 5.57. The average Bonchev–Trinajstić information content (AvgIpc) is 2.39. The number of hydrogen-bond acceptors (Lipinski definition) is 3. The van der Waals surface area contributed by atoms with Crippen molar-refractivity contribution in [2.75, 3.05) is 0 Å². The minimum absolute atomic E-state index is 0.0556. The zero-order valence-corrected chi connectivity index (χ0v) is 14.7. The molecule has 1 rings (SSSR count). The van der Waals surface area contributed by atoms with Gasteiger partial charge in [0, 0.05) is 10.7 Å². The number of nitrogens with two attached hydrogens (primary N) is 1. The zero-order chi connectivity index (χ0) is 16.9. The molecule has 1 aromatic rings. The van der Waals surface area contributed by atoms with E-state index in [0.717, 1.165) is 10.1 Å². The van der Waals surface area contributed by atoms with E-state index in [2.05, 4.69) is 25.7 Å². The summed E-state index contributed by atoms with van der Waals surface area (Å²) in [6.07, 6.45) is 1.73. The second kappa shape index (κ2) is 8.29. The summed E-state index contributed by atoms with van der Waals surface area (Å²) in [4.78, 5) is 4.36. The van der Waals surface area contributed by atoms with E-state index in [-0.39, 0.29) is 11.4 Å². The van der Waals surface area contributed by atoms with Gasteiger partial charge in [0.1, 0.15) is 5.69 Å². The Balaban J connectivity index is 3.45. The molecule has 0 aliphatic rings. The van der Waals surface area contributed by atoms with E-state index >= 15 is 0 Å². The largest absolute Gasteiger partial charge is 0.433 e. The molecule has 0 unspecified atom stereocenters. The minimum atomic E-state index is -2.94. The van der Waals surface area contributed by atoms with E-state index in [0.29, 0.717) is 16.4 Å². The fourth-order valence-electron chi connectivity index (χ4n) is 1.52. The van der Waals surface area contributed by atoms with Gasteiger partial charge in [-0.25, -0.2) is 4.99 Å². The Morgan fingerprint density at radius 3 is 2.50 bits per heavy atom. The van der Waals surface area contributed by atoms with Gasteiger partial charge < -0.3 is 10.5 Å². The first-order chi connectivity index (χ1) is 10.2. The van der Waals surface area contributed by atoms with Crippen LogP contribution in [0, 0.1) is 0 Å². The Labute approximate surface area is 141 Å². The highest BCUT2D eigenvalue weighted by Crippen LogP contribution is 2.32. The van der Waals surface area contributed by atoms with Gasteiger partial charge >= 0.3 is 6.61 Å². The number of halogens is 4. The summed E-state index contributed by atoms with van der Waals surface area (Å²) < 4.78 is 30.2. The molecule has 1 aromatic carbocycles. The molecule has 0 saturated heterocycles. The molecule has 0 bridgehead atoms. The van der Waals surface area contributed by atoms with Crippen LogP contribution in [0.15, 0.2) is 45.0 Å². The van der Waals surface area contributed by atoms with Crippen molar-refractivity contribution >= 4 is 38.9 Å². The van der Waals surface area contributed by atoms with Gasteiger partial charge in [-0.3, -0.25) is 0 Å². The molecule has 0 aliphatic heterocycles. The van der Waals surface area contributed by atoms with Crippen molar-refractivity contribution in [3.63, 3.8) is 0 Å². The van der Waals surface area contributed by atoms with Crippen LogP contribution in [0.3, 0.4) is 0 Å². The van der Waals surface area contributed by atoms with E-state index in [1.54, 1.807) is 19.9 Å². The number of aliphatic imine (C=N–C) groups is 1. The lowest BCUT2D eigenvalue weighted by atomic mass is 10.1. The molecule has 0 atom stereocenters. The van der Waals surface area contributed by atoms with Gasteiger partial charge in [-0.1, -0.05) is 27.5 Å². The number of hydrogen-bond donors (Lipinski definition) is 1. The first-order valence-corrected chi connectivity index (χ1v) is 7.48. The fourth-order valence-corrected chi connectivity index (χ4v) is 1.90. The summed E-state index contributed by atoms with van der Waals surface area (Å²) in [7, 11) is 0. The lowest BCUT2D eigenvalue weighted by Gasteiger charge is -2.10. The van der Waals surface area contributed by atoms with E-state index in [9.17, 15) is 8.78 Å². The van der Waals surface area contributed by atoms with Crippen molar-refractivity contribution < 1.29 is 13.5 Å². The Kier molecular flexibility index (Phi) is 7.03. The molecule has 22 heavy (non-hydrogen) atoms. The first-order valence-electron chi connectivity index (χ1n) is 6.31. The van der Waals surface area contributed by atoms with Crippen LogP contribution in [0.4, 0.5) is 14.5 Å². The van der Waals surface area contributed by atoms with Crippen LogP contribution in [0.5, 0.6) is 5.75 Å². The number of allylic oxidation sites excluding steroid dienone is 4. The molecule has 0 aliphatic carbocycles. The Hall–Kier alpha value is -1.40. The molecule has 0 amide bonds. The number of rotatable bonds is 5. The third kappa shape index (κ3) is 5.77. The van der Waals surface area contributed by atoms with Gasteiger partial charge in [-0.15, -0.1) is 0 Å². The van der Waals surface area contributed by atoms with Crippen LogP contribution >= 0.6 is 27.5 Å². The molecule has 0 saturated carbocycles. The van der Waals surface area contributed by atoms with Gasteiger partial charge in [0.15, 0.2) is 5.75 Å². The third-order valence-electron chi connectivity index (χ3n) is 2.69. The first kappa shape index (κ1) is 18.6. The second-order valence-electron chi connectivity index (χ2n) is 4.53. The van der Waals surface area contributed by atoms with Crippen molar-refractivity contribution in [1.29, 1.82) is 0 Å². The lowest BCUT2D eigenvalue weighted by molar-refractivity contribution is -0.0494. The Bertz CT molecular complexity index is 634. The highest BCUT2D eigenvalue weighted by Gasteiger charge is 2.11. The molecular formula is C15H16BrClF2N2O. The minimum Gasteiger partial charge on any atom is -0.433 e. The summed E-state index contributed by atoms with van der Waals surface area (Å²) in [6.45, 7) is 2.40. The predicted molar refractivity (Wildman–Crippen MR) is 90.4 cm³/mol. The monoisotopic (exact) mass is 392 g/mol. The Morgan fingerprint density at radius 1 is 1.36 bits per heavy atom. The molecule has 0 heterocycles. The molecule has 3 nitrogen and oxygen atoms in total. The third-order valence-corrected chi connectivity index (χ3v) is 3.15. The normalized spacial score (nSPS) is 14.2. The Morgan fingerprint density at radius 2 is 2.00 bits per heavy atom. The molecule has 7 heteroatoms. The summed E-state index contributed by atoms with van der Waals surface area (Å²) >= 11 is 9.23. The SMILES string of the molecule is C/C(N)=C(\C)C(/C=C(\C)Br)=Nc1cc(Cl)ccc1OC(F)F. The maximum Gasteiger partial charge on any atom is 0.387 e. The molecule has 0 radical (unpaired) electrons. The summed E-state index contributed by atoms with van der Waals surface area (Å²) in [6, 6.07) is 4.26. The van der Waals surface area contributed by atoms with Crippen molar-refractivity contribution in [2.24, 2.45) is 10.7 Å². The summed E-state index contributed by atoms with van der Waals surface area (Å²) in [5.41, 5.74) is 7.81. The molecule has 2 N–H and O–H groups in total. The number of ether oxygens (including phenoxy) is 1. The molecule has 120 valence electrons. The van der Waals surface area contributed by atoms with E-state index in [4.69, 9.17) is 17.3 Å². The van der Waals surface area contributed by atoms with Crippen LogP contribution < -0.4 is 10.5 Å². The van der Waals surface area contributed by atoms with Crippen molar-refractivity contribution in [3.8, 4) is 5.75 Å². The van der Waals surface area contributed by atoms with E-state index in [1.165, 1.54) is 18.2 Å². The zero-order valence-electron chi connectivity index (χ0n) is 12.3. The van der Waals surface area contributed by atoms with Crippen LogP contribution in [0.2, 0.25) is 5.02 Å². The standard InChI is InChI=1S/C15H16BrClF2N2O/c1-8(16)6-12(9(2)10(3)20)21-13-7-11(17)4-5-14(13)22-15(18)19/h4-7,15H,20H2,1-3H3/b8-6+,10-9-,21-12?. The molecule has 0 fully saturated rings. The van der Waals surface area contributed by atoms with Crippen LogP contribution in [-0.4, -0.2) is 12.3 Å². The van der Waals surface area contributed by atoms with E-state index < -0.39 is 6.61 Å². The smallest absolute Gasteiger partial charge is 0.387 e. The molecular weight excluding hydrogens is 378 g/mol. The fraction of sp³-hybridized carbons (Fsp3) is 0.267. The number of alkyl halides is 2. The highest BCUT2D eigenvalue weighted by atomic mass is 79.9. The van der Waals surface area contributed by atoms with Crippen LogP contribution in [0.1, 0.15) is 20.8 Å². The van der Waals surface area contributed by atoms with Gasteiger partial charge in [-0.2, -0.15) is 8.78 Å². The van der Waals surface area contributed by atoms with Crippen molar-refractivity contribution in [3.05, 3.63) is 45.1 Å². The maximum atomic E-state index is 12.5. The number of nitrogens with zero attached hydrogens (tertiary/aromatic N) is 1.